The van der Waals surface area contributed by atoms with E-state index >= 15 is 0 Å². The van der Waals surface area contributed by atoms with Crippen LogP contribution in [0.4, 0.5) is 0 Å². The Kier molecular flexibility index (Phi) is 4.28. The zero-order valence-corrected chi connectivity index (χ0v) is 11.9. The van der Waals surface area contributed by atoms with Crippen LogP contribution in [-0.4, -0.2) is 26.9 Å². The van der Waals surface area contributed by atoms with E-state index in [1.165, 1.54) is 5.56 Å². The van der Waals surface area contributed by atoms with Crippen LogP contribution in [-0.2, 0) is 13.0 Å². The summed E-state index contributed by atoms with van der Waals surface area (Å²) in [5.74, 6) is 1.07. The molecule has 102 valence electrons. The van der Waals surface area contributed by atoms with E-state index in [4.69, 9.17) is 0 Å². The maximum atomic E-state index is 4.56. The fourth-order valence-electron chi connectivity index (χ4n) is 2.10. The summed E-state index contributed by atoms with van der Waals surface area (Å²) in [4.78, 5) is 12.6. The second-order valence-electron chi connectivity index (χ2n) is 4.66. The highest BCUT2D eigenvalue weighted by Gasteiger charge is 2.20. The average Bonchev–Trinajstić information content (AvgIpc) is 2.95. The Balaban J connectivity index is 1.54. The molecule has 0 bridgehead atoms. The molecule has 1 aliphatic heterocycles. The lowest BCUT2D eigenvalue weighted by Crippen LogP contribution is -2.29. The van der Waals surface area contributed by atoms with Crippen molar-refractivity contribution < 1.29 is 0 Å². The van der Waals surface area contributed by atoms with E-state index < -0.39 is 0 Å². The van der Waals surface area contributed by atoms with Crippen molar-refractivity contribution in [2.75, 3.05) is 5.75 Å². The number of aromatic nitrogens is 2. The predicted molar refractivity (Wildman–Crippen MR) is 82.7 cm³/mol. The Bertz CT molecular complexity index is 571. The summed E-state index contributed by atoms with van der Waals surface area (Å²) in [5.41, 5.74) is 2.31. The zero-order valence-electron chi connectivity index (χ0n) is 11.1. The summed E-state index contributed by atoms with van der Waals surface area (Å²) in [6, 6.07) is 12.9. The monoisotopic (exact) mass is 284 g/mol. The van der Waals surface area contributed by atoms with Gasteiger partial charge in [-0.05, 0) is 18.1 Å². The molecule has 1 aliphatic rings. The average molecular weight is 284 g/mol. The highest BCUT2D eigenvalue weighted by Crippen LogP contribution is 2.17. The Hall–Kier alpha value is -1.88. The van der Waals surface area contributed by atoms with Crippen LogP contribution in [0.15, 0.2) is 53.9 Å². The van der Waals surface area contributed by atoms with Gasteiger partial charge in [-0.2, -0.15) is 0 Å². The number of benzene rings is 1. The van der Waals surface area contributed by atoms with Crippen LogP contribution in [0.5, 0.6) is 0 Å². The molecule has 1 N–H and O–H groups in total. The fourth-order valence-corrected chi connectivity index (χ4v) is 3.07. The van der Waals surface area contributed by atoms with Crippen LogP contribution < -0.4 is 5.32 Å². The normalized spacial score (nSPS) is 20.0. The summed E-state index contributed by atoms with van der Waals surface area (Å²) >= 11 is 1.78. The molecule has 1 aromatic carbocycles. The molecule has 1 aromatic heterocycles. The Morgan fingerprint density at radius 2 is 2.15 bits per heavy atom. The molecule has 2 aromatic rings. The molecule has 5 heteroatoms. The Morgan fingerprint density at radius 1 is 1.25 bits per heavy atom. The largest absolute Gasteiger partial charge is 0.361 e. The van der Waals surface area contributed by atoms with E-state index in [2.05, 4.69) is 50.6 Å². The van der Waals surface area contributed by atoms with Gasteiger partial charge in [-0.1, -0.05) is 42.1 Å². The summed E-state index contributed by atoms with van der Waals surface area (Å²) in [5, 5.41) is 4.50. The molecule has 0 spiro atoms. The second kappa shape index (κ2) is 6.52. The molecular weight excluding hydrogens is 268 g/mol. The van der Waals surface area contributed by atoms with Crippen molar-refractivity contribution in [1.29, 1.82) is 0 Å². The smallest absolute Gasteiger partial charge is 0.157 e. The highest BCUT2D eigenvalue weighted by molar-refractivity contribution is 8.14. The summed E-state index contributed by atoms with van der Waals surface area (Å²) < 4.78 is 0. The van der Waals surface area contributed by atoms with Gasteiger partial charge >= 0.3 is 0 Å². The van der Waals surface area contributed by atoms with Crippen molar-refractivity contribution in [2.24, 2.45) is 4.99 Å². The van der Waals surface area contributed by atoms with Crippen molar-refractivity contribution in [2.45, 2.75) is 19.0 Å². The molecule has 2 heterocycles. The molecular formula is C15H16N4S. The van der Waals surface area contributed by atoms with Crippen molar-refractivity contribution in [1.82, 2.24) is 15.3 Å². The van der Waals surface area contributed by atoms with Gasteiger partial charge in [0.1, 0.15) is 6.33 Å². The lowest BCUT2D eigenvalue weighted by Gasteiger charge is -2.09. The molecule has 1 fully saturated rings. The first-order valence-electron chi connectivity index (χ1n) is 6.63. The first-order chi connectivity index (χ1) is 9.90. The van der Waals surface area contributed by atoms with Crippen molar-refractivity contribution in [3.05, 3.63) is 60.2 Å². The van der Waals surface area contributed by atoms with Crippen molar-refractivity contribution in [3.8, 4) is 0 Å². The number of thioether (sulfide) groups is 1. The quantitative estimate of drug-likeness (QED) is 0.936. The SMILES string of the molecule is c1ccc(CC2CSC(=NCc3ccncn3)N2)cc1. The van der Waals surface area contributed by atoms with Crippen LogP contribution in [0.3, 0.4) is 0 Å². The maximum Gasteiger partial charge on any atom is 0.157 e. The maximum absolute atomic E-state index is 4.56. The number of amidine groups is 1. The Labute approximate surface area is 122 Å². The number of hydrogen-bond donors (Lipinski definition) is 1. The first-order valence-corrected chi connectivity index (χ1v) is 7.61. The molecule has 3 rings (SSSR count). The lowest BCUT2D eigenvalue weighted by atomic mass is 10.1. The molecule has 20 heavy (non-hydrogen) atoms. The number of rotatable bonds is 4. The third kappa shape index (κ3) is 3.57. The minimum absolute atomic E-state index is 0.464. The number of nitrogens with one attached hydrogen (secondary N) is 1. The van der Waals surface area contributed by atoms with Gasteiger partial charge < -0.3 is 5.32 Å². The molecule has 0 aliphatic carbocycles. The van der Waals surface area contributed by atoms with Crippen LogP contribution in [0.1, 0.15) is 11.3 Å². The number of aliphatic imine (C=N–C) groups is 1. The van der Waals surface area contributed by atoms with Crippen molar-refractivity contribution in [3.63, 3.8) is 0 Å². The van der Waals surface area contributed by atoms with Gasteiger partial charge in [0.15, 0.2) is 5.17 Å². The van der Waals surface area contributed by atoms with Gasteiger partial charge in [0, 0.05) is 18.0 Å². The van der Waals surface area contributed by atoms with Crippen LogP contribution >= 0.6 is 11.8 Å². The van der Waals surface area contributed by atoms with E-state index in [1.807, 2.05) is 6.07 Å². The van der Waals surface area contributed by atoms with Gasteiger partial charge in [0.05, 0.1) is 12.2 Å². The van der Waals surface area contributed by atoms with E-state index in [0.717, 1.165) is 23.0 Å². The van der Waals surface area contributed by atoms with E-state index in [-0.39, 0.29) is 0 Å². The third-order valence-electron chi connectivity index (χ3n) is 3.10. The van der Waals surface area contributed by atoms with Crippen molar-refractivity contribution >= 4 is 16.9 Å². The van der Waals surface area contributed by atoms with Gasteiger partial charge in [-0.3, -0.25) is 4.99 Å². The van der Waals surface area contributed by atoms with Gasteiger partial charge in [-0.25, -0.2) is 9.97 Å². The predicted octanol–water partition coefficient (Wildman–Crippen LogP) is 2.28. The number of hydrogen-bond acceptors (Lipinski definition) is 4. The highest BCUT2D eigenvalue weighted by atomic mass is 32.2. The molecule has 1 unspecified atom stereocenters. The molecule has 0 radical (unpaired) electrons. The zero-order chi connectivity index (χ0) is 13.6. The molecule has 1 saturated heterocycles. The summed E-state index contributed by atoms with van der Waals surface area (Å²) in [6.45, 7) is 0.607. The van der Waals surface area contributed by atoms with E-state index in [1.54, 1.807) is 24.3 Å². The summed E-state index contributed by atoms with van der Waals surface area (Å²) in [7, 11) is 0. The first kappa shape index (κ1) is 13.1. The standard InChI is InChI=1S/C15H16N4S/c1-2-4-12(5-3-1)8-14-10-20-15(19-14)17-9-13-6-7-16-11-18-13/h1-7,11,14H,8-10H2,(H,17,19). The van der Waals surface area contributed by atoms with E-state index in [0.29, 0.717) is 12.6 Å². The minimum atomic E-state index is 0.464. The minimum Gasteiger partial charge on any atom is -0.361 e. The molecule has 0 amide bonds. The Morgan fingerprint density at radius 3 is 2.95 bits per heavy atom. The fraction of sp³-hybridized carbons (Fsp3) is 0.267. The van der Waals surface area contributed by atoms with Gasteiger partial charge in [-0.15, -0.1) is 0 Å². The van der Waals surface area contributed by atoms with Crippen LogP contribution in [0.2, 0.25) is 0 Å². The van der Waals surface area contributed by atoms with E-state index in [9.17, 15) is 0 Å². The topological polar surface area (TPSA) is 50.2 Å². The molecule has 0 saturated carbocycles. The van der Waals surface area contributed by atoms with Gasteiger partial charge in [0.2, 0.25) is 0 Å². The molecule has 4 nitrogen and oxygen atoms in total. The number of nitrogens with zero attached hydrogens (tertiary/aromatic N) is 3. The lowest BCUT2D eigenvalue weighted by molar-refractivity contribution is 0.686. The third-order valence-corrected chi connectivity index (χ3v) is 4.19. The second-order valence-corrected chi connectivity index (χ2v) is 5.67. The van der Waals surface area contributed by atoms with Crippen LogP contribution in [0.25, 0.3) is 0 Å². The molecule has 1 atom stereocenters. The summed E-state index contributed by atoms with van der Waals surface area (Å²) in [6.07, 6.45) is 4.35. The van der Waals surface area contributed by atoms with Crippen LogP contribution in [0, 0.1) is 0 Å². The van der Waals surface area contributed by atoms with Gasteiger partial charge in [0.25, 0.3) is 0 Å².